The number of hydrogen-bond acceptors (Lipinski definition) is 3. The van der Waals surface area contributed by atoms with Gasteiger partial charge in [0.05, 0.1) is 16.9 Å². The largest absolute Gasteiger partial charge is 0.478 e. The minimum absolute atomic E-state index is 0.166. The Balaban J connectivity index is 2.10. The second-order valence-electron chi connectivity index (χ2n) is 5.13. The molecule has 0 heterocycles. The Morgan fingerprint density at radius 3 is 2.72 bits per heavy atom. The van der Waals surface area contributed by atoms with Crippen molar-refractivity contribution in [3.05, 3.63) is 23.8 Å². The summed E-state index contributed by atoms with van der Waals surface area (Å²) in [5.74, 6) is -0.981. The average molecular weight is 248 g/mol. The number of nitrogens with two attached hydrogens (primary N) is 1. The highest BCUT2D eigenvalue weighted by Crippen LogP contribution is 2.44. The Morgan fingerprint density at radius 2 is 2.22 bits per heavy atom. The van der Waals surface area contributed by atoms with Crippen molar-refractivity contribution < 1.29 is 9.90 Å². The van der Waals surface area contributed by atoms with E-state index < -0.39 is 5.97 Å². The van der Waals surface area contributed by atoms with E-state index in [0.717, 1.165) is 18.7 Å². The molecule has 4 nitrogen and oxygen atoms in total. The van der Waals surface area contributed by atoms with Gasteiger partial charge in [0.15, 0.2) is 0 Å². The Hall–Kier alpha value is -1.71. The lowest BCUT2D eigenvalue weighted by atomic mass is 9.67. The summed E-state index contributed by atoms with van der Waals surface area (Å²) < 4.78 is 0. The molecule has 2 rings (SSSR count). The summed E-state index contributed by atoms with van der Waals surface area (Å²) in [5, 5.41) is 12.3. The quantitative estimate of drug-likeness (QED) is 0.700. The van der Waals surface area contributed by atoms with Crippen molar-refractivity contribution in [2.45, 2.75) is 32.6 Å². The first-order chi connectivity index (χ1) is 8.58. The maximum absolute atomic E-state index is 11.0. The van der Waals surface area contributed by atoms with E-state index in [-0.39, 0.29) is 5.56 Å². The molecule has 1 aliphatic rings. The number of anilines is 2. The predicted octanol–water partition coefficient (Wildman–Crippen LogP) is 2.96. The standard InChI is InChI=1S/C14H20N2O2/c1-2-14(7-4-8-14)9-16-11-6-3-5-10(12(11)15)13(17)18/h3,5-6,16H,2,4,7-9,15H2,1H3,(H,17,18). The van der Waals surface area contributed by atoms with Crippen molar-refractivity contribution in [2.24, 2.45) is 5.41 Å². The lowest BCUT2D eigenvalue weighted by Gasteiger charge is -2.41. The van der Waals surface area contributed by atoms with Crippen LogP contribution in [-0.4, -0.2) is 17.6 Å². The maximum atomic E-state index is 11.0. The van der Waals surface area contributed by atoms with E-state index in [1.54, 1.807) is 6.07 Å². The molecule has 4 N–H and O–H groups in total. The Bertz CT molecular complexity index is 448. The van der Waals surface area contributed by atoms with Gasteiger partial charge in [0.1, 0.15) is 0 Å². The van der Waals surface area contributed by atoms with Crippen molar-refractivity contribution in [1.29, 1.82) is 0 Å². The van der Waals surface area contributed by atoms with Gasteiger partial charge in [-0.15, -0.1) is 0 Å². The Labute approximate surface area is 107 Å². The van der Waals surface area contributed by atoms with E-state index in [9.17, 15) is 4.79 Å². The van der Waals surface area contributed by atoms with Crippen LogP contribution in [0.25, 0.3) is 0 Å². The summed E-state index contributed by atoms with van der Waals surface area (Å²) in [6, 6.07) is 5.09. The third kappa shape index (κ3) is 2.28. The molecule has 0 unspecified atom stereocenters. The van der Waals surface area contributed by atoms with E-state index in [2.05, 4.69) is 12.2 Å². The molecule has 1 fully saturated rings. The molecule has 98 valence electrons. The molecular formula is C14H20N2O2. The minimum Gasteiger partial charge on any atom is -0.478 e. The second-order valence-corrected chi connectivity index (χ2v) is 5.13. The van der Waals surface area contributed by atoms with Gasteiger partial charge in [-0.3, -0.25) is 0 Å². The van der Waals surface area contributed by atoms with Crippen molar-refractivity contribution in [1.82, 2.24) is 0 Å². The molecule has 0 atom stereocenters. The molecule has 18 heavy (non-hydrogen) atoms. The molecule has 1 aromatic carbocycles. The molecule has 1 aromatic rings. The summed E-state index contributed by atoms with van der Waals surface area (Å²) in [6.07, 6.45) is 4.93. The molecule has 1 saturated carbocycles. The number of nitrogen functional groups attached to an aromatic ring is 1. The summed E-state index contributed by atoms with van der Waals surface area (Å²) in [4.78, 5) is 11.0. The summed E-state index contributed by atoms with van der Waals surface area (Å²) in [5.41, 5.74) is 7.48. The lowest BCUT2D eigenvalue weighted by Crippen LogP contribution is -2.36. The van der Waals surface area contributed by atoms with Gasteiger partial charge in [0, 0.05) is 6.54 Å². The number of nitrogens with one attached hydrogen (secondary N) is 1. The molecule has 0 bridgehead atoms. The van der Waals surface area contributed by atoms with Crippen molar-refractivity contribution in [2.75, 3.05) is 17.6 Å². The molecule has 0 aliphatic heterocycles. The van der Waals surface area contributed by atoms with Gasteiger partial charge < -0.3 is 16.2 Å². The molecule has 0 spiro atoms. The molecular weight excluding hydrogens is 228 g/mol. The normalized spacial score (nSPS) is 16.9. The number of carboxylic acid groups (broad SMARTS) is 1. The number of benzene rings is 1. The van der Waals surface area contributed by atoms with Crippen LogP contribution < -0.4 is 11.1 Å². The van der Waals surface area contributed by atoms with E-state index in [0.29, 0.717) is 11.1 Å². The summed E-state index contributed by atoms with van der Waals surface area (Å²) in [6.45, 7) is 3.08. The van der Waals surface area contributed by atoms with Crippen LogP contribution in [0.3, 0.4) is 0 Å². The van der Waals surface area contributed by atoms with Crippen LogP contribution >= 0.6 is 0 Å². The highest BCUT2D eigenvalue weighted by atomic mass is 16.4. The van der Waals surface area contributed by atoms with Crippen LogP contribution in [0.15, 0.2) is 18.2 Å². The summed E-state index contributed by atoms with van der Waals surface area (Å²) in [7, 11) is 0. The number of carbonyl (C=O) groups is 1. The zero-order chi connectivity index (χ0) is 13.2. The SMILES string of the molecule is CCC1(CNc2cccc(C(=O)O)c2N)CCC1. The van der Waals surface area contributed by atoms with Crippen LogP contribution in [0.5, 0.6) is 0 Å². The average Bonchev–Trinajstić information content (AvgIpc) is 2.29. The van der Waals surface area contributed by atoms with E-state index in [1.807, 2.05) is 6.07 Å². The van der Waals surface area contributed by atoms with Gasteiger partial charge in [-0.2, -0.15) is 0 Å². The molecule has 4 heteroatoms. The molecule has 0 aromatic heterocycles. The van der Waals surface area contributed by atoms with Crippen molar-refractivity contribution in [3.63, 3.8) is 0 Å². The molecule has 0 radical (unpaired) electrons. The van der Waals surface area contributed by atoms with Gasteiger partial charge in [-0.05, 0) is 36.8 Å². The maximum Gasteiger partial charge on any atom is 0.337 e. The third-order valence-electron chi connectivity index (χ3n) is 4.15. The van der Waals surface area contributed by atoms with Gasteiger partial charge in [-0.1, -0.05) is 19.4 Å². The van der Waals surface area contributed by atoms with Gasteiger partial charge in [-0.25, -0.2) is 4.79 Å². The smallest absolute Gasteiger partial charge is 0.337 e. The Kier molecular flexibility index (Phi) is 3.45. The monoisotopic (exact) mass is 248 g/mol. The number of para-hydroxylation sites is 1. The summed E-state index contributed by atoms with van der Waals surface area (Å²) >= 11 is 0. The van der Waals surface area contributed by atoms with E-state index in [1.165, 1.54) is 25.3 Å². The molecule has 0 saturated heterocycles. The van der Waals surface area contributed by atoms with Gasteiger partial charge >= 0.3 is 5.97 Å². The first-order valence-corrected chi connectivity index (χ1v) is 6.44. The number of hydrogen-bond donors (Lipinski definition) is 3. The fourth-order valence-corrected chi connectivity index (χ4v) is 2.52. The topological polar surface area (TPSA) is 75.3 Å². The zero-order valence-electron chi connectivity index (χ0n) is 10.7. The number of aromatic carboxylic acids is 1. The van der Waals surface area contributed by atoms with Gasteiger partial charge in [0.25, 0.3) is 0 Å². The van der Waals surface area contributed by atoms with Crippen LogP contribution in [0.4, 0.5) is 11.4 Å². The Morgan fingerprint density at radius 1 is 1.50 bits per heavy atom. The first-order valence-electron chi connectivity index (χ1n) is 6.44. The number of rotatable bonds is 5. The van der Waals surface area contributed by atoms with Crippen LogP contribution in [0, 0.1) is 5.41 Å². The van der Waals surface area contributed by atoms with Crippen molar-refractivity contribution >= 4 is 17.3 Å². The fraction of sp³-hybridized carbons (Fsp3) is 0.500. The zero-order valence-corrected chi connectivity index (χ0v) is 10.7. The first kappa shape index (κ1) is 12.7. The number of carboxylic acids is 1. The van der Waals surface area contributed by atoms with E-state index in [4.69, 9.17) is 10.8 Å². The molecule has 0 amide bonds. The lowest BCUT2D eigenvalue weighted by molar-refractivity contribution is 0.0698. The van der Waals surface area contributed by atoms with Gasteiger partial charge in [0.2, 0.25) is 0 Å². The van der Waals surface area contributed by atoms with Crippen molar-refractivity contribution in [3.8, 4) is 0 Å². The highest BCUT2D eigenvalue weighted by molar-refractivity contribution is 5.97. The fourth-order valence-electron chi connectivity index (χ4n) is 2.52. The predicted molar refractivity (Wildman–Crippen MR) is 72.9 cm³/mol. The second kappa shape index (κ2) is 4.88. The molecule has 1 aliphatic carbocycles. The van der Waals surface area contributed by atoms with Crippen LogP contribution in [0.2, 0.25) is 0 Å². The minimum atomic E-state index is -0.981. The highest BCUT2D eigenvalue weighted by Gasteiger charge is 2.34. The van der Waals surface area contributed by atoms with Crippen LogP contribution in [-0.2, 0) is 0 Å². The van der Waals surface area contributed by atoms with E-state index >= 15 is 0 Å². The third-order valence-corrected chi connectivity index (χ3v) is 4.15. The van der Waals surface area contributed by atoms with Crippen LogP contribution in [0.1, 0.15) is 43.0 Å².